The number of ether oxygens (including phenoxy) is 1. The number of nitrogens with zero attached hydrogens (tertiary/aromatic N) is 1. The van der Waals surface area contributed by atoms with E-state index in [1.807, 2.05) is 12.1 Å². The number of carbonyl (C=O) groups is 2. The van der Waals surface area contributed by atoms with Crippen molar-refractivity contribution in [3.63, 3.8) is 0 Å². The maximum atomic E-state index is 13.7. The van der Waals surface area contributed by atoms with Gasteiger partial charge < -0.3 is 15.4 Å². The SMILES string of the molecule is COc1ccc(CNC(=O)c2ccnc(C(=O)Nc3ccccc3F)c2)cc1. The van der Waals surface area contributed by atoms with E-state index < -0.39 is 11.7 Å². The summed E-state index contributed by atoms with van der Waals surface area (Å²) in [6.45, 7) is 0.321. The predicted molar refractivity (Wildman–Crippen MR) is 103 cm³/mol. The lowest BCUT2D eigenvalue weighted by molar-refractivity contribution is 0.0951. The molecular weight excluding hydrogens is 361 g/mol. The van der Waals surface area contributed by atoms with E-state index in [-0.39, 0.29) is 22.9 Å². The minimum atomic E-state index is -0.602. The Hall–Kier alpha value is -3.74. The number of amides is 2. The number of anilines is 1. The fourth-order valence-corrected chi connectivity index (χ4v) is 2.47. The van der Waals surface area contributed by atoms with Gasteiger partial charge in [0.15, 0.2) is 0 Å². The molecule has 0 spiro atoms. The topological polar surface area (TPSA) is 80.3 Å². The van der Waals surface area contributed by atoms with E-state index in [0.717, 1.165) is 11.3 Å². The molecule has 1 aromatic heterocycles. The van der Waals surface area contributed by atoms with Gasteiger partial charge in [0.1, 0.15) is 17.3 Å². The van der Waals surface area contributed by atoms with E-state index in [4.69, 9.17) is 4.74 Å². The fraction of sp³-hybridized carbons (Fsp3) is 0.0952. The molecule has 0 atom stereocenters. The first-order valence-electron chi connectivity index (χ1n) is 8.50. The highest BCUT2D eigenvalue weighted by Crippen LogP contribution is 2.14. The van der Waals surface area contributed by atoms with Crippen molar-refractivity contribution >= 4 is 17.5 Å². The first-order chi connectivity index (χ1) is 13.6. The Bertz CT molecular complexity index is 990. The van der Waals surface area contributed by atoms with E-state index in [2.05, 4.69) is 15.6 Å². The van der Waals surface area contributed by atoms with E-state index in [9.17, 15) is 14.0 Å². The van der Waals surface area contributed by atoms with Gasteiger partial charge in [0.25, 0.3) is 11.8 Å². The first kappa shape index (κ1) is 19.0. The summed E-state index contributed by atoms with van der Waals surface area (Å²) in [5, 5.41) is 5.22. The van der Waals surface area contributed by atoms with Gasteiger partial charge in [-0.1, -0.05) is 24.3 Å². The van der Waals surface area contributed by atoms with Crippen LogP contribution in [0.4, 0.5) is 10.1 Å². The minimum absolute atomic E-state index is 0.0142. The summed E-state index contributed by atoms with van der Waals surface area (Å²) in [6.07, 6.45) is 1.36. The smallest absolute Gasteiger partial charge is 0.274 e. The molecule has 0 fully saturated rings. The Kier molecular flexibility index (Phi) is 5.96. The number of aromatic nitrogens is 1. The monoisotopic (exact) mass is 379 g/mol. The summed E-state index contributed by atoms with van der Waals surface area (Å²) in [5.74, 6) is -0.771. The Morgan fingerprint density at radius 1 is 1.04 bits per heavy atom. The molecule has 2 N–H and O–H groups in total. The van der Waals surface area contributed by atoms with Crippen molar-refractivity contribution in [2.24, 2.45) is 0 Å². The zero-order valence-corrected chi connectivity index (χ0v) is 15.1. The molecule has 3 rings (SSSR count). The molecular formula is C21H18FN3O3. The second-order valence-electron chi connectivity index (χ2n) is 5.89. The van der Waals surface area contributed by atoms with Crippen LogP contribution >= 0.6 is 0 Å². The maximum absolute atomic E-state index is 13.7. The summed E-state index contributed by atoms with van der Waals surface area (Å²) in [6, 6.07) is 16.0. The first-order valence-corrected chi connectivity index (χ1v) is 8.50. The third-order valence-electron chi connectivity index (χ3n) is 3.99. The number of hydrogen-bond donors (Lipinski definition) is 2. The van der Waals surface area contributed by atoms with Crippen LogP contribution in [0.3, 0.4) is 0 Å². The summed E-state index contributed by atoms with van der Waals surface area (Å²) < 4.78 is 18.8. The molecule has 0 aliphatic carbocycles. The van der Waals surface area contributed by atoms with E-state index >= 15 is 0 Å². The van der Waals surface area contributed by atoms with Gasteiger partial charge in [-0.15, -0.1) is 0 Å². The van der Waals surface area contributed by atoms with Crippen molar-refractivity contribution in [1.82, 2.24) is 10.3 Å². The number of carbonyl (C=O) groups excluding carboxylic acids is 2. The molecule has 0 bridgehead atoms. The van der Waals surface area contributed by atoms with Gasteiger partial charge in [-0.25, -0.2) is 4.39 Å². The van der Waals surface area contributed by atoms with Gasteiger partial charge in [0.2, 0.25) is 0 Å². The molecule has 2 aromatic carbocycles. The van der Waals surface area contributed by atoms with E-state index in [1.165, 1.54) is 36.5 Å². The molecule has 0 unspecified atom stereocenters. The van der Waals surface area contributed by atoms with Gasteiger partial charge >= 0.3 is 0 Å². The van der Waals surface area contributed by atoms with Crippen molar-refractivity contribution < 1.29 is 18.7 Å². The second-order valence-corrected chi connectivity index (χ2v) is 5.89. The minimum Gasteiger partial charge on any atom is -0.497 e. The normalized spacial score (nSPS) is 10.2. The van der Waals surface area contributed by atoms with Crippen LogP contribution in [0.15, 0.2) is 66.9 Å². The van der Waals surface area contributed by atoms with Crippen LogP contribution in [0.1, 0.15) is 26.4 Å². The molecule has 2 amide bonds. The van der Waals surface area contributed by atoms with Crippen LogP contribution < -0.4 is 15.4 Å². The molecule has 0 aliphatic heterocycles. The highest BCUT2D eigenvalue weighted by molar-refractivity contribution is 6.04. The van der Waals surface area contributed by atoms with Crippen LogP contribution in [-0.4, -0.2) is 23.9 Å². The van der Waals surface area contributed by atoms with Crippen molar-refractivity contribution in [2.45, 2.75) is 6.54 Å². The van der Waals surface area contributed by atoms with Crippen LogP contribution in [0, 0.1) is 5.82 Å². The van der Waals surface area contributed by atoms with Crippen molar-refractivity contribution in [1.29, 1.82) is 0 Å². The molecule has 142 valence electrons. The molecule has 0 aliphatic rings. The fourth-order valence-electron chi connectivity index (χ4n) is 2.47. The number of hydrogen-bond acceptors (Lipinski definition) is 4. The highest BCUT2D eigenvalue weighted by atomic mass is 19.1. The number of methoxy groups -OCH3 is 1. The predicted octanol–water partition coefficient (Wildman–Crippen LogP) is 3.41. The average Bonchev–Trinajstić information content (AvgIpc) is 2.74. The maximum Gasteiger partial charge on any atom is 0.274 e. The van der Waals surface area contributed by atoms with Gasteiger partial charge in [0.05, 0.1) is 12.8 Å². The van der Waals surface area contributed by atoms with Crippen LogP contribution in [-0.2, 0) is 6.54 Å². The summed E-state index contributed by atoms with van der Waals surface area (Å²) in [5.41, 5.74) is 1.24. The third-order valence-corrected chi connectivity index (χ3v) is 3.99. The van der Waals surface area contributed by atoms with E-state index in [0.29, 0.717) is 6.54 Å². The number of halogens is 1. The zero-order valence-electron chi connectivity index (χ0n) is 15.1. The van der Waals surface area contributed by atoms with Gasteiger partial charge in [-0.2, -0.15) is 0 Å². The largest absolute Gasteiger partial charge is 0.497 e. The van der Waals surface area contributed by atoms with Crippen LogP contribution in [0.25, 0.3) is 0 Å². The van der Waals surface area contributed by atoms with Crippen molar-refractivity contribution in [3.05, 3.63) is 89.5 Å². The van der Waals surface area contributed by atoms with Crippen molar-refractivity contribution in [3.8, 4) is 5.75 Å². The van der Waals surface area contributed by atoms with Crippen LogP contribution in [0.5, 0.6) is 5.75 Å². The highest BCUT2D eigenvalue weighted by Gasteiger charge is 2.13. The molecule has 28 heavy (non-hydrogen) atoms. The Balaban J connectivity index is 1.65. The van der Waals surface area contributed by atoms with Gasteiger partial charge in [-0.05, 0) is 42.0 Å². The summed E-state index contributed by atoms with van der Waals surface area (Å²) >= 11 is 0. The summed E-state index contributed by atoms with van der Waals surface area (Å²) in [4.78, 5) is 28.6. The van der Waals surface area contributed by atoms with Gasteiger partial charge in [0, 0.05) is 18.3 Å². The zero-order chi connectivity index (χ0) is 19.9. The number of para-hydroxylation sites is 1. The average molecular weight is 379 g/mol. The Morgan fingerprint density at radius 2 is 1.79 bits per heavy atom. The second kappa shape index (κ2) is 8.77. The Labute approximate surface area is 161 Å². The quantitative estimate of drug-likeness (QED) is 0.688. The lowest BCUT2D eigenvalue weighted by Crippen LogP contribution is -2.23. The summed E-state index contributed by atoms with van der Waals surface area (Å²) in [7, 11) is 1.58. The van der Waals surface area contributed by atoms with E-state index in [1.54, 1.807) is 25.3 Å². The third kappa shape index (κ3) is 4.70. The van der Waals surface area contributed by atoms with Crippen LogP contribution in [0.2, 0.25) is 0 Å². The molecule has 7 heteroatoms. The molecule has 3 aromatic rings. The molecule has 1 heterocycles. The lowest BCUT2D eigenvalue weighted by Gasteiger charge is -2.08. The van der Waals surface area contributed by atoms with Gasteiger partial charge in [-0.3, -0.25) is 14.6 Å². The number of nitrogens with one attached hydrogen (secondary N) is 2. The lowest BCUT2D eigenvalue weighted by atomic mass is 10.2. The van der Waals surface area contributed by atoms with Crippen molar-refractivity contribution in [2.75, 3.05) is 12.4 Å². The standard InChI is InChI=1S/C21H18FN3O3/c1-28-16-8-6-14(7-9-16)13-24-20(26)15-10-11-23-19(12-15)21(27)25-18-5-3-2-4-17(18)22/h2-12H,13H2,1H3,(H,24,26)(H,25,27). The number of rotatable bonds is 6. The molecule has 6 nitrogen and oxygen atoms in total. The Morgan fingerprint density at radius 3 is 2.50 bits per heavy atom. The number of benzene rings is 2. The number of pyridine rings is 1. The molecule has 0 saturated heterocycles. The molecule has 0 radical (unpaired) electrons. The molecule has 0 saturated carbocycles.